The summed E-state index contributed by atoms with van der Waals surface area (Å²) in [5, 5.41) is 27.3. The van der Waals surface area contributed by atoms with Gasteiger partial charge in [-0.1, -0.05) is 49.9 Å². The number of benzene rings is 4. The number of aromatic hydroxyl groups is 2. The van der Waals surface area contributed by atoms with Gasteiger partial charge in [-0.15, -0.1) is 0 Å². The molecule has 0 heterocycles. The smallest absolute Gasteiger partial charge is 0.131 e. The minimum Gasteiger partial charge on any atom is -0.507 e. The van der Waals surface area contributed by atoms with Gasteiger partial charge in [-0.25, -0.2) is 0 Å². The summed E-state index contributed by atoms with van der Waals surface area (Å²) in [6.45, 7) is 4.33. The van der Waals surface area contributed by atoms with Gasteiger partial charge in [0.2, 0.25) is 0 Å². The monoisotopic (exact) mass is 466 g/mol. The zero-order valence-electron chi connectivity index (χ0n) is 18.5. The van der Waals surface area contributed by atoms with E-state index in [0.29, 0.717) is 21.2 Å². The number of rotatable bonds is 7. The lowest BCUT2D eigenvalue weighted by molar-refractivity contribution is 0.475. The molecule has 0 atom stereocenters. The van der Waals surface area contributed by atoms with Gasteiger partial charge in [0.15, 0.2) is 0 Å². The molecule has 0 aliphatic carbocycles. The van der Waals surface area contributed by atoms with E-state index in [0.717, 1.165) is 71.2 Å². The summed E-state index contributed by atoms with van der Waals surface area (Å²) < 4.78 is 0. The normalized spacial score (nSPS) is 11.5. The molecule has 0 spiro atoms. The standard InChI is InChI=1S/C28H28Cl2O2/c1-3-5-7-17-13-25(27(31)21-11-9-19(29)15-23(17)21)26-14-18(8-6-4-2)24-16-20(30)10-12-22(24)28(26)32/h9-16,31-32H,3-8H2,1-2H3. The Morgan fingerprint density at radius 2 is 1.00 bits per heavy atom. The van der Waals surface area contributed by atoms with Crippen molar-refractivity contribution >= 4 is 44.7 Å². The van der Waals surface area contributed by atoms with Crippen molar-refractivity contribution in [1.29, 1.82) is 0 Å². The molecular formula is C28H28Cl2O2. The molecule has 0 fully saturated rings. The van der Waals surface area contributed by atoms with Crippen molar-refractivity contribution in [3.8, 4) is 22.6 Å². The van der Waals surface area contributed by atoms with Crippen LogP contribution in [0.1, 0.15) is 50.7 Å². The highest BCUT2D eigenvalue weighted by Gasteiger charge is 2.19. The Hall–Kier alpha value is -2.42. The third-order valence-electron chi connectivity index (χ3n) is 6.20. The van der Waals surface area contributed by atoms with Crippen LogP contribution < -0.4 is 0 Å². The minimum atomic E-state index is 0.168. The highest BCUT2D eigenvalue weighted by Crippen LogP contribution is 2.46. The Morgan fingerprint density at radius 3 is 1.38 bits per heavy atom. The Labute approximate surface area is 199 Å². The van der Waals surface area contributed by atoms with Crippen molar-refractivity contribution in [2.24, 2.45) is 0 Å². The SMILES string of the molecule is CCCCc1cc(-c2cc(CCCC)c3cc(Cl)ccc3c2O)c(O)c2ccc(Cl)cc12. The van der Waals surface area contributed by atoms with Crippen molar-refractivity contribution in [3.63, 3.8) is 0 Å². The molecule has 4 aromatic rings. The van der Waals surface area contributed by atoms with Crippen LogP contribution in [0.15, 0.2) is 48.5 Å². The molecule has 0 bridgehead atoms. The van der Waals surface area contributed by atoms with Gasteiger partial charge >= 0.3 is 0 Å². The summed E-state index contributed by atoms with van der Waals surface area (Å²) in [4.78, 5) is 0. The second kappa shape index (κ2) is 9.60. The minimum absolute atomic E-state index is 0.168. The van der Waals surface area contributed by atoms with Crippen LogP contribution in [0.4, 0.5) is 0 Å². The lowest BCUT2D eigenvalue weighted by Gasteiger charge is -2.18. The van der Waals surface area contributed by atoms with Crippen LogP contribution in [0.25, 0.3) is 32.7 Å². The van der Waals surface area contributed by atoms with Gasteiger partial charge in [-0.05, 0) is 96.1 Å². The summed E-state index contributed by atoms with van der Waals surface area (Å²) in [5.74, 6) is 0.337. The molecule has 2 N–H and O–H groups in total. The average molecular weight is 467 g/mol. The topological polar surface area (TPSA) is 40.5 Å². The van der Waals surface area contributed by atoms with Crippen molar-refractivity contribution in [2.75, 3.05) is 0 Å². The van der Waals surface area contributed by atoms with Crippen LogP contribution >= 0.6 is 23.2 Å². The number of fused-ring (bicyclic) bond motifs is 2. The first-order valence-corrected chi connectivity index (χ1v) is 12.1. The largest absolute Gasteiger partial charge is 0.507 e. The maximum atomic E-state index is 11.3. The molecule has 0 unspecified atom stereocenters. The van der Waals surface area contributed by atoms with E-state index in [-0.39, 0.29) is 11.5 Å². The molecule has 0 radical (unpaired) electrons. The molecule has 0 aliphatic heterocycles. The Bertz CT molecular complexity index is 1190. The quantitative estimate of drug-likeness (QED) is 0.285. The highest BCUT2D eigenvalue weighted by molar-refractivity contribution is 6.32. The molecule has 32 heavy (non-hydrogen) atoms. The van der Waals surface area contributed by atoms with Crippen LogP contribution in [0.2, 0.25) is 10.0 Å². The Kier molecular flexibility index (Phi) is 6.83. The molecule has 2 nitrogen and oxygen atoms in total. The molecule has 4 rings (SSSR count). The fourth-order valence-electron chi connectivity index (χ4n) is 4.47. The maximum Gasteiger partial charge on any atom is 0.131 e. The van der Waals surface area contributed by atoms with Crippen molar-refractivity contribution in [2.45, 2.75) is 52.4 Å². The predicted molar refractivity (Wildman–Crippen MR) is 137 cm³/mol. The van der Waals surface area contributed by atoms with E-state index in [9.17, 15) is 10.2 Å². The fourth-order valence-corrected chi connectivity index (χ4v) is 4.81. The van der Waals surface area contributed by atoms with Gasteiger partial charge in [-0.2, -0.15) is 0 Å². The number of phenolic OH excluding ortho intramolecular Hbond substituents is 2. The average Bonchev–Trinajstić information content (AvgIpc) is 2.78. The summed E-state index contributed by atoms with van der Waals surface area (Å²) in [5.41, 5.74) is 3.56. The van der Waals surface area contributed by atoms with E-state index in [4.69, 9.17) is 23.2 Å². The van der Waals surface area contributed by atoms with E-state index in [1.807, 2.05) is 36.4 Å². The van der Waals surface area contributed by atoms with E-state index in [1.54, 1.807) is 12.1 Å². The van der Waals surface area contributed by atoms with Crippen LogP contribution in [0, 0.1) is 0 Å². The van der Waals surface area contributed by atoms with E-state index < -0.39 is 0 Å². The fraction of sp³-hybridized carbons (Fsp3) is 0.286. The third kappa shape index (κ3) is 4.27. The predicted octanol–water partition coefficient (Wildman–Crippen LogP) is 9.06. The summed E-state index contributed by atoms with van der Waals surface area (Å²) in [6, 6.07) is 15.2. The lowest BCUT2D eigenvalue weighted by Crippen LogP contribution is -1.94. The number of halogens is 2. The molecule has 0 aliphatic rings. The third-order valence-corrected chi connectivity index (χ3v) is 6.67. The van der Waals surface area contributed by atoms with E-state index in [1.165, 1.54) is 0 Å². The molecule has 4 heteroatoms. The van der Waals surface area contributed by atoms with Crippen molar-refractivity contribution < 1.29 is 10.2 Å². The number of hydrogen-bond acceptors (Lipinski definition) is 2. The Morgan fingerprint density at radius 1 is 0.594 bits per heavy atom. The molecule has 0 saturated carbocycles. The Balaban J connectivity index is 2.02. The van der Waals surface area contributed by atoms with Gasteiger partial charge in [0.05, 0.1) is 0 Å². The summed E-state index contributed by atoms with van der Waals surface area (Å²) in [6.07, 6.45) is 5.98. The molecule has 0 aromatic heterocycles. The first-order chi connectivity index (χ1) is 15.4. The number of unbranched alkanes of at least 4 members (excludes halogenated alkanes) is 2. The van der Waals surface area contributed by atoms with Gasteiger partial charge < -0.3 is 10.2 Å². The van der Waals surface area contributed by atoms with Gasteiger partial charge in [0, 0.05) is 31.9 Å². The van der Waals surface area contributed by atoms with Gasteiger partial charge in [-0.3, -0.25) is 0 Å². The first kappa shape index (κ1) is 22.8. The van der Waals surface area contributed by atoms with Crippen LogP contribution in [0.5, 0.6) is 11.5 Å². The zero-order chi connectivity index (χ0) is 22.8. The van der Waals surface area contributed by atoms with Gasteiger partial charge in [0.1, 0.15) is 11.5 Å². The summed E-state index contributed by atoms with van der Waals surface area (Å²) >= 11 is 12.5. The number of phenols is 2. The van der Waals surface area contributed by atoms with Crippen LogP contribution in [-0.4, -0.2) is 10.2 Å². The van der Waals surface area contributed by atoms with E-state index >= 15 is 0 Å². The van der Waals surface area contributed by atoms with Crippen molar-refractivity contribution in [3.05, 3.63) is 69.7 Å². The second-order valence-electron chi connectivity index (χ2n) is 8.45. The zero-order valence-corrected chi connectivity index (χ0v) is 20.0. The van der Waals surface area contributed by atoms with Crippen LogP contribution in [0.3, 0.4) is 0 Å². The number of hydrogen-bond donors (Lipinski definition) is 2. The summed E-state index contributed by atoms with van der Waals surface area (Å²) in [7, 11) is 0. The van der Waals surface area contributed by atoms with E-state index in [2.05, 4.69) is 13.8 Å². The highest BCUT2D eigenvalue weighted by atomic mass is 35.5. The number of aryl methyl sites for hydroxylation is 2. The lowest BCUT2D eigenvalue weighted by atomic mass is 9.89. The maximum absolute atomic E-state index is 11.3. The van der Waals surface area contributed by atoms with Crippen LogP contribution in [-0.2, 0) is 12.8 Å². The molecule has 0 saturated heterocycles. The molecule has 4 aromatic carbocycles. The molecule has 0 amide bonds. The first-order valence-electron chi connectivity index (χ1n) is 11.3. The molecular weight excluding hydrogens is 439 g/mol. The molecule has 166 valence electrons. The second-order valence-corrected chi connectivity index (χ2v) is 9.32. The van der Waals surface area contributed by atoms with Gasteiger partial charge in [0.25, 0.3) is 0 Å². The van der Waals surface area contributed by atoms with Crippen molar-refractivity contribution in [1.82, 2.24) is 0 Å².